The standard InChI is InChI=1S/C22H27FN6O2/c1-15(2)31-12-11-25-22-26-13-17(14-27-22)21(30)29-20(9-10-24-4)16(3)28-19-7-5-18(23)6-8-19/h5-10,13-15,28H,4,11-12H2,1-3H3,(H,29,30)(H,25,26,27)/b10-9-,20-16-. The summed E-state index contributed by atoms with van der Waals surface area (Å²) in [6, 6.07) is 5.88. The van der Waals surface area contributed by atoms with Crippen LogP contribution in [0, 0.1) is 5.82 Å². The molecule has 0 fully saturated rings. The largest absolute Gasteiger partial charge is 0.377 e. The van der Waals surface area contributed by atoms with Crippen LogP contribution in [-0.4, -0.2) is 41.8 Å². The van der Waals surface area contributed by atoms with Gasteiger partial charge in [-0.2, -0.15) is 0 Å². The first kappa shape index (κ1) is 23.7. The Kier molecular flexibility index (Phi) is 9.31. The number of nitrogens with zero attached hydrogens (tertiary/aromatic N) is 3. The minimum atomic E-state index is -0.390. The minimum Gasteiger partial charge on any atom is -0.377 e. The second-order valence-corrected chi connectivity index (χ2v) is 6.76. The van der Waals surface area contributed by atoms with E-state index < -0.39 is 5.91 Å². The summed E-state index contributed by atoms with van der Waals surface area (Å²) in [5, 5.41) is 8.93. The van der Waals surface area contributed by atoms with Crippen LogP contribution in [-0.2, 0) is 4.74 Å². The minimum absolute atomic E-state index is 0.155. The van der Waals surface area contributed by atoms with E-state index in [0.717, 1.165) is 0 Å². The van der Waals surface area contributed by atoms with Gasteiger partial charge in [0.1, 0.15) is 5.82 Å². The SMILES string of the molecule is C=N/C=C\C(NC(=O)c1cnc(NCCOC(C)C)nc1)=C(/C)Nc1ccc(F)cc1. The third-order valence-electron chi connectivity index (χ3n) is 3.93. The van der Waals surface area contributed by atoms with Crippen LogP contribution < -0.4 is 16.0 Å². The lowest BCUT2D eigenvalue weighted by molar-refractivity contribution is 0.0869. The number of anilines is 2. The Hall–Kier alpha value is -3.59. The summed E-state index contributed by atoms with van der Waals surface area (Å²) in [6.45, 7) is 10.2. The molecule has 0 radical (unpaired) electrons. The molecule has 2 aromatic rings. The summed E-state index contributed by atoms with van der Waals surface area (Å²) in [5.74, 6) is -0.315. The predicted octanol–water partition coefficient (Wildman–Crippen LogP) is 3.74. The summed E-state index contributed by atoms with van der Waals surface area (Å²) >= 11 is 0. The van der Waals surface area contributed by atoms with Gasteiger partial charge < -0.3 is 20.7 Å². The molecule has 0 aliphatic carbocycles. The first-order chi connectivity index (χ1) is 14.9. The smallest absolute Gasteiger partial charge is 0.258 e. The van der Waals surface area contributed by atoms with Crippen LogP contribution in [0.1, 0.15) is 31.1 Å². The number of aliphatic imine (C=N–C) groups is 1. The van der Waals surface area contributed by atoms with Gasteiger partial charge in [0, 0.05) is 36.5 Å². The van der Waals surface area contributed by atoms with Crippen LogP contribution in [0.4, 0.5) is 16.0 Å². The molecule has 1 aromatic heterocycles. The van der Waals surface area contributed by atoms with E-state index in [0.29, 0.717) is 36.2 Å². The number of hydrogen-bond acceptors (Lipinski definition) is 7. The van der Waals surface area contributed by atoms with E-state index in [-0.39, 0.29) is 17.5 Å². The molecule has 0 atom stereocenters. The van der Waals surface area contributed by atoms with Gasteiger partial charge in [0.25, 0.3) is 5.91 Å². The molecule has 0 saturated heterocycles. The molecular formula is C22H27FN6O2. The summed E-state index contributed by atoms with van der Waals surface area (Å²) in [4.78, 5) is 24.6. The maximum absolute atomic E-state index is 13.1. The fourth-order valence-corrected chi connectivity index (χ4v) is 2.39. The van der Waals surface area contributed by atoms with Crippen molar-refractivity contribution in [3.8, 4) is 0 Å². The Balaban J connectivity index is 2.05. The van der Waals surface area contributed by atoms with Crippen molar-refractivity contribution in [3.63, 3.8) is 0 Å². The van der Waals surface area contributed by atoms with Gasteiger partial charge in [0.2, 0.25) is 5.95 Å². The molecule has 2 rings (SSSR count). The molecule has 0 unspecified atom stereocenters. The lowest BCUT2D eigenvalue weighted by atomic mass is 10.2. The number of ether oxygens (including phenoxy) is 1. The number of hydrogen-bond donors (Lipinski definition) is 3. The molecular weight excluding hydrogens is 399 g/mol. The Morgan fingerprint density at radius 2 is 1.94 bits per heavy atom. The van der Waals surface area contributed by atoms with Crippen molar-refractivity contribution in [2.45, 2.75) is 26.9 Å². The van der Waals surface area contributed by atoms with E-state index in [9.17, 15) is 9.18 Å². The maximum Gasteiger partial charge on any atom is 0.258 e. The van der Waals surface area contributed by atoms with Gasteiger partial charge in [0.15, 0.2) is 0 Å². The number of allylic oxidation sites excluding steroid dienone is 2. The molecule has 1 heterocycles. The highest BCUT2D eigenvalue weighted by Gasteiger charge is 2.10. The molecule has 3 N–H and O–H groups in total. The molecule has 31 heavy (non-hydrogen) atoms. The van der Waals surface area contributed by atoms with Gasteiger partial charge in [-0.05, 0) is 57.8 Å². The van der Waals surface area contributed by atoms with E-state index in [1.54, 1.807) is 25.1 Å². The molecule has 9 heteroatoms. The number of carbonyl (C=O) groups is 1. The van der Waals surface area contributed by atoms with Crippen molar-refractivity contribution in [2.24, 2.45) is 4.99 Å². The Bertz CT molecular complexity index is 924. The van der Waals surface area contributed by atoms with Gasteiger partial charge in [-0.25, -0.2) is 14.4 Å². The summed E-state index contributed by atoms with van der Waals surface area (Å²) in [6.07, 6.45) is 6.08. The normalized spacial score (nSPS) is 11.9. The van der Waals surface area contributed by atoms with E-state index in [1.165, 1.54) is 30.7 Å². The zero-order chi connectivity index (χ0) is 22.6. The van der Waals surface area contributed by atoms with Gasteiger partial charge in [-0.3, -0.25) is 9.79 Å². The number of rotatable bonds is 11. The third kappa shape index (κ3) is 8.35. The van der Waals surface area contributed by atoms with Crippen molar-refractivity contribution < 1.29 is 13.9 Å². The van der Waals surface area contributed by atoms with Crippen LogP contribution in [0.5, 0.6) is 0 Å². The van der Waals surface area contributed by atoms with Crippen molar-refractivity contribution in [1.29, 1.82) is 0 Å². The highest BCUT2D eigenvalue weighted by atomic mass is 19.1. The molecule has 164 valence electrons. The molecule has 1 amide bonds. The van der Waals surface area contributed by atoms with Crippen LogP contribution in [0.2, 0.25) is 0 Å². The van der Waals surface area contributed by atoms with Gasteiger partial charge in [-0.15, -0.1) is 0 Å². The molecule has 0 spiro atoms. The van der Waals surface area contributed by atoms with Crippen LogP contribution in [0.3, 0.4) is 0 Å². The zero-order valence-electron chi connectivity index (χ0n) is 17.9. The molecule has 0 aliphatic heterocycles. The average Bonchev–Trinajstić information content (AvgIpc) is 2.75. The highest BCUT2D eigenvalue weighted by molar-refractivity contribution is 5.95. The van der Waals surface area contributed by atoms with Crippen molar-refractivity contribution in [3.05, 3.63) is 71.7 Å². The topological polar surface area (TPSA) is 101 Å². The quantitative estimate of drug-likeness (QED) is 0.288. The van der Waals surface area contributed by atoms with E-state index >= 15 is 0 Å². The first-order valence-electron chi connectivity index (χ1n) is 9.73. The van der Waals surface area contributed by atoms with E-state index in [4.69, 9.17) is 4.74 Å². The average molecular weight is 426 g/mol. The number of halogens is 1. The monoisotopic (exact) mass is 426 g/mol. The molecule has 0 aliphatic rings. The molecule has 0 bridgehead atoms. The predicted molar refractivity (Wildman–Crippen MR) is 120 cm³/mol. The lowest BCUT2D eigenvalue weighted by Crippen LogP contribution is -2.24. The van der Waals surface area contributed by atoms with Gasteiger partial charge >= 0.3 is 0 Å². The van der Waals surface area contributed by atoms with Crippen LogP contribution >= 0.6 is 0 Å². The fraction of sp³-hybridized carbons (Fsp3) is 0.273. The van der Waals surface area contributed by atoms with E-state index in [2.05, 4.69) is 37.6 Å². The van der Waals surface area contributed by atoms with Crippen molar-refractivity contribution in [2.75, 3.05) is 23.8 Å². The number of aromatic nitrogens is 2. The number of carbonyl (C=O) groups excluding carboxylic acids is 1. The Morgan fingerprint density at radius 1 is 1.26 bits per heavy atom. The Morgan fingerprint density at radius 3 is 2.55 bits per heavy atom. The summed E-state index contributed by atoms with van der Waals surface area (Å²) in [7, 11) is 0. The number of benzene rings is 1. The summed E-state index contributed by atoms with van der Waals surface area (Å²) in [5.41, 5.74) is 2.06. The second-order valence-electron chi connectivity index (χ2n) is 6.76. The molecule has 8 nitrogen and oxygen atoms in total. The summed E-state index contributed by atoms with van der Waals surface area (Å²) < 4.78 is 18.5. The van der Waals surface area contributed by atoms with Crippen LogP contribution in [0.25, 0.3) is 0 Å². The third-order valence-corrected chi connectivity index (χ3v) is 3.93. The fourth-order valence-electron chi connectivity index (χ4n) is 2.39. The van der Waals surface area contributed by atoms with Gasteiger partial charge in [0.05, 0.1) is 24.0 Å². The number of nitrogens with one attached hydrogen (secondary N) is 3. The van der Waals surface area contributed by atoms with Crippen molar-refractivity contribution >= 4 is 24.3 Å². The highest BCUT2D eigenvalue weighted by Crippen LogP contribution is 2.14. The van der Waals surface area contributed by atoms with Crippen LogP contribution in [0.15, 0.2) is 65.3 Å². The second kappa shape index (κ2) is 12.2. The number of amides is 1. The molecule has 1 aromatic carbocycles. The van der Waals surface area contributed by atoms with Crippen molar-refractivity contribution in [1.82, 2.24) is 15.3 Å². The Labute approximate surface area is 181 Å². The molecule has 0 saturated carbocycles. The zero-order valence-corrected chi connectivity index (χ0v) is 17.9. The first-order valence-corrected chi connectivity index (χ1v) is 9.73. The lowest BCUT2D eigenvalue weighted by Gasteiger charge is -2.13. The maximum atomic E-state index is 13.1. The van der Waals surface area contributed by atoms with Gasteiger partial charge in [-0.1, -0.05) is 0 Å². The van der Waals surface area contributed by atoms with E-state index in [1.807, 2.05) is 13.8 Å².